The van der Waals surface area contributed by atoms with E-state index in [2.05, 4.69) is 4.99 Å². The third-order valence-electron chi connectivity index (χ3n) is 6.22. The first kappa shape index (κ1) is 23.3. The van der Waals surface area contributed by atoms with Gasteiger partial charge in [-0.15, -0.1) is 0 Å². The summed E-state index contributed by atoms with van der Waals surface area (Å²) in [7, 11) is 0. The first-order chi connectivity index (χ1) is 12.6. The van der Waals surface area contributed by atoms with Crippen molar-refractivity contribution in [2.75, 3.05) is 26.4 Å². The quantitative estimate of drug-likeness (QED) is 0.325. The summed E-state index contributed by atoms with van der Waals surface area (Å²) in [6.45, 7) is -0.457. The maximum atomic E-state index is 10.5. The molecule has 0 radical (unpaired) electrons. The number of rotatable bonds is 6. The molecule has 0 heterocycles. The topological polar surface area (TPSA) is 116 Å². The van der Waals surface area contributed by atoms with Crippen LogP contribution in [0.4, 0.5) is 0 Å². The standard InChI is InChI=1S/C16H27NO.C4H11NO3/c18-14-17-13-16(11-7-3-4-8-12-16)15-9-5-1-2-6-10-15;5-4(1-6,2-7)3-8/h15H,1-13H2;6-8H,1-3,5H2. The summed E-state index contributed by atoms with van der Waals surface area (Å²) < 4.78 is 0. The molecule has 0 saturated heterocycles. The van der Waals surface area contributed by atoms with Crippen LogP contribution < -0.4 is 5.73 Å². The Balaban J connectivity index is 0.000000359. The van der Waals surface area contributed by atoms with Gasteiger partial charge in [0, 0.05) is 0 Å². The van der Waals surface area contributed by atoms with E-state index in [0.29, 0.717) is 5.41 Å². The maximum Gasteiger partial charge on any atom is 0.234 e. The third kappa shape index (κ3) is 7.45. The number of carbonyl (C=O) groups excluding carboxylic acids is 1. The number of aliphatic hydroxyl groups is 3. The molecule has 2 fully saturated rings. The summed E-state index contributed by atoms with van der Waals surface area (Å²) in [5, 5.41) is 25.0. The van der Waals surface area contributed by atoms with Crippen LogP contribution in [-0.4, -0.2) is 53.3 Å². The number of isocyanates is 1. The molecule has 2 saturated carbocycles. The van der Waals surface area contributed by atoms with Gasteiger partial charge in [0.25, 0.3) is 0 Å². The fourth-order valence-corrected chi connectivity index (χ4v) is 4.36. The zero-order chi connectivity index (χ0) is 19.3. The van der Waals surface area contributed by atoms with Crippen LogP contribution in [0.1, 0.15) is 77.0 Å². The van der Waals surface area contributed by atoms with Gasteiger partial charge in [-0.05, 0) is 37.0 Å². The van der Waals surface area contributed by atoms with Gasteiger partial charge in [-0.3, -0.25) is 0 Å². The van der Waals surface area contributed by atoms with Gasteiger partial charge >= 0.3 is 0 Å². The minimum atomic E-state index is -1.21. The van der Waals surface area contributed by atoms with E-state index in [1.54, 1.807) is 6.08 Å². The lowest BCUT2D eigenvalue weighted by Crippen LogP contribution is -2.50. The van der Waals surface area contributed by atoms with Gasteiger partial charge in [0.15, 0.2) is 0 Å². The number of nitrogens with zero attached hydrogens (tertiary/aromatic N) is 1. The Labute approximate surface area is 157 Å². The van der Waals surface area contributed by atoms with E-state index >= 15 is 0 Å². The second-order valence-corrected chi connectivity index (χ2v) is 8.21. The van der Waals surface area contributed by atoms with Crippen molar-refractivity contribution in [2.24, 2.45) is 22.1 Å². The van der Waals surface area contributed by atoms with Crippen LogP contribution in [0.2, 0.25) is 0 Å². The van der Waals surface area contributed by atoms with Crippen molar-refractivity contribution < 1.29 is 20.1 Å². The molecule has 2 rings (SSSR count). The smallest absolute Gasteiger partial charge is 0.234 e. The van der Waals surface area contributed by atoms with E-state index in [0.717, 1.165) is 12.5 Å². The lowest BCUT2D eigenvalue weighted by Gasteiger charge is -2.39. The van der Waals surface area contributed by atoms with Crippen LogP contribution in [0.5, 0.6) is 0 Å². The van der Waals surface area contributed by atoms with Gasteiger partial charge < -0.3 is 21.1 Å². The normalized spacial score (nSPS) is 21.5. The minimum Gasteiger partial charge on any atom is -0.394 e. The lowest BCUT2D eigenvalue weighted by atomic mass is 9.67. The first-order valence-electron chi connectivity index (χ1n) is 10.2. The molecule has 26 heavy (non-hydrogen) atoms. The Morgan fingerprint density at radius 3 is 1.73 bits per heavy atom. The molecule has 0 aliphatic heterocycles. The molecule has 6 nitrogen and oxygen atoms in total. The second-order valence-electron chi connectivity index (χ2n) is 8.21. The Hall–Kier alpha value is -0.780. The van der Waals surface area contributed by atoms with Crippen LogP contribution >= 0.6 is 0 Å². The molecule has 0 aromatic carbocycles. The summed E-state index contributed by atoms with van der Waals surface area (Å²) in [5.74, 6) is 0.815. The summed E-state index contributed by atoms with van der Waals surface area (Å²) in [5.41, 5.74) is 4.28. The fourth-order valence-electron chi connectivity index (χ4n) is 4.36. The highest BCUT2D eigenvalue weighted by Gasteiger charge is 2.38. The monoisotopic (exact) mass is 370 g/mol. The average molecular weight is 371 g/mol. The SMILES string of the molecule is NC(CO)(CO)CO.O=C=NCC1(C2CCCCCC2)CCCCCC1. The predicted octanol–water partition coefficient (Wildman–Crippen LogP) is 2.29. The maximum absolute atomic E-state index is 10.5. The van der Waals surface area contributed by atoms with Crippen LogP contribution in [-0.2, 0) is 4.79 Å². The van der Waals surface area contributed by atoms with Crippen molar-refractivity contribution in [3.05, 3.63) is 0 Å². The summed E-state index contributed by atoms with van der Waals surface area (Å²) in [6, 6.07) is 0. The molecule has 5 N–H and O–H groups in total. The van der Waals surface area contributed by atoms with E-state index in [1.165, 1.54) is 77.0 Å². The Morgan fingerprint density at radius 1 is 0.885 bits per heavy atom. The van der Waals surface area contributed by atoms with Gasteiger partial charge in [-0.1, -0.05) is 51.4 Å². The zero-order valence-electron chi connectivity index (χ0n) is 16.2. The van der Waals surface area contributed by atoms with Crippen molar-refractivity contribution in [2.45, 2.75) is 82.6 Å². The molecule has 0 bridgehead atoms. The van der Waals surface area contributed by atoms with Gasteiger partial charge in [-0.25, -0.2) is 9.79 Å². The van der Waals surface area contributed by atoms with E-state index in [-0.39, 0.29) is 0 Å². The Kier molecular flexibility index (Phi) is 11.3. The molecule has 0 spiro atoms. The highest BCUT2D eigenvalue weighted by atomic mass is 16.3. The third-order valence-corrected chi connectivity index (χ3v) is 6.22. The molecule has 2 aliphatic carbocycles. The molecular weight excluding hydrogens is 332 g/mol. The van der Waals surface area contributed by atoms with Crippen molar-refractivity contribution in [1.82, 2.24) is 0 Å². The molecule has 152 valence electrons. The van der Waals surface area contributed by atoms with Gasteiger partial charge in [0.1, 0.15) is 0 Å². The number of aliphatic hydroxyl groups excluding tert-OH is 3. The number of aliphatic imine (C=N–C) groups is 1. The summed E-state index contributed by atoms with van der Waals surface area (Å²) >= 11 is 0. The highest BCUT2D eigenvalue weighted by Crippen LogP contribution is 2.47. The van der Waals surface area contributed by atoms with Crippen LogP contribution in [0.15, 0.2) is 4.99 Å². The van der Waals surface area contributed by atoms with Crippen molar-refractivity contribution in [1.29, 1.82) is 0 Å². The molecule has 0 atom stereocenters. The van der Waals surface area contributed by atoms with Crippen LogP contribution in [0.3, 0.4) is 0 Å². The Bertz CT molecular complexity index is 396. The highest BCUT2D eigenvalue weighted by molar-refractivity contribution is 5.33. The molecule has 0 unspecified atom stereocenters. The average Bonchev–Trinajstić information content (AvgIpc) is 3.10. The van der Waals surface area contributed by atoms with Crippen LogP contribution in [0, 0.1) is 11.3 Å². The van der Waals surface area contributed by atoms with Crippen LogP contribution in [0.25, 0.3) is 0 Å². The number of nitrogens with two attached hydrogens (primary N) is 1. The van der Waals surface area contributed by atoms with Gasteiger partial charge in [-0.2, -0.15) is 0 Å². The van der Waals surface area contributed by atoms with Crippen molar-refractivity contribution in [3.8, 4) is 0 Å². The molecule has 2 aliphatic rings. The molecule has 0 aromatic rings. The molecule has 6 heteroatoms. The van der Waals surface area contributed by atoms with Gasteiger partial charge in [0.05, 0.1) is 31.9 Å². The zero-order valence-corrected chi connectivity index (χ0v) is 16.2. The van der Waals surface area contributed by atoms with Gasteiger partial charge in [0.2, 0.25) is 6.08 Å². The van der Waals surface area contributed by atoms with E-state index < -0.39 is 25.4 Å². The molecular formula is C20H38N2O4. The van der Waals surface area contributed by atoms with E-state index in [1.807, 2.05) is 0 Å². The first-order valence-corrected chi connectivity index (χ1v) is 10.2. The predicted molar refractivity (Wildman–Crippen MR) is 102 cm³/mol. The summed E-state index contributed by atoms with van der Waals surface area (Å²) in [4.78, 5) is 14.5. The second kappa shape index (κ2) is 12.6. The minimum absolute atomic E-state index is 0.345. The van der Waals surface area contributed by atoms with Crippen molar-refractivity contribution in [3.63, 3.8) is 0 Å². The Morgan fingerprint density at radius 2 is 1.35 bits per heavy atom. The number of hydrogen-bond donors (Lipinski definition) is 4. The largest absolute Gasteiger partial charge is 0.394 e. The fraction of sp³-hybridized carbons (Fsp3) is 0.950. The lowest BCUT2D eigenvalue weighted by molar-refractivity contribution is 0.0698. The van der Waals surface area contributed by atoms with E-state index in [4.69, 9.17) is 21.1 Å². The summed E-state index contributed by atoms with van der Waals surface area (Å²) in [6.07, 6.45) is 18.1. The number of hydrogen-bond acceptors (Lipinski definition) is 6. The van der Waals surface area contributed by atoms with Crippen molar-refractivity contribution >= 4 is 6.08 Å². The van der Waals surface area contributed by atoms with E-state index in [9.17, 15) is 4.79 Å². The molecule has 0 aromatic heterocycles. The molecule has 0 amide bonds.